The molecule has 1 aromatic rings. The number of unbranched alkanes of at least 4 members (excludes halogenated alkanes) is 1. The Kier molecular flexibility index (Phi) is 6.03. The number of imide groups is 1. The molecule has 4 aliphatic rings. The van der Waals surface area contributed by atoms with E-state index in [1.807, 2.05) is 4.90 Å². The molecule has 4 atom stereocenters. The van der Waals surface area contributed by atoms with Crippen molar-refractivity contribution in [3.8, 4) is 11.5 Å². The van der Waals surface area contributed by atoms with Crippen LogP contribution in [0.2, 0.25) is 0 Å². The summed E-state index contributed by atoms with van der Waals surface area (Å²) in [5, 5.41) is 9.94. The summed E-state index contributed by atoms with van der Waals surface area (Å²) in [7, 11) is 1.48. The Hall–Kier alpha value is -2.61. The van der Waals surface area contributed by atoms with Gasteiger partial charge in [-0.15, -0.1) is 0 Å². The summed E-state index contributed by atoms with van der Waals surface area (Å²) < 4.78 is 5.04. The van der Waals surface area contributed by atoms with E-state index in [1.54, 1.807) is 17.0 Å². The molecule has 1 N–H and O–H groups in total. The molecule has 5 rings (SSSR count). The highest BCUT2D eigenvalue weighted by Crippen LogP contribution is 2.56. The van der Waals surface area contributed by atoms with Gasteiger partial charge in [0, 0.05) is 38.3 Å². The molecule has 2 heterocycles. The maximum absolute atomic E-state index is 12.8. The van der Waals surface area contributed by atoms with E-state index in [4.69, 9.17) is 4.74 Å². The molecule has 4 fully saturated rings. The quantitative estimate of drug-likeness (QED) is 0.499. The summed E-state index contributed by atoms with van der Waals surface area (Å²) in [4.78, 5) is 44.0. The molecule has 0 aromatic heterocycles. The van der Waals surface area contributed by atoms with Gasteiger partial charge >= 0.3 is 0 Å². The van der Waals surface area contributed by atoms with Crippen LogP contribution in [-0.4, -0.2) is 83.9 Å². The van der Waals surface area contributed by atoms with Crippen LogP contribution < -0.4 is 4.74 Å². The van der Waals surface area contributed by atoms with E-state index in [2.05, 4.69) is 4.90 Å². The molecule has 178 valence electrons. The normalized spacial score (nSPS) is 29.1. The van der Waals surface area contributed by atoms with Crippen molar-refractivity contribution in [1.29, 1.82) is 0 Å². The maximum atomic E-state index is 12.8. The molecule has 3 amide bonds. The van der Waals surface area contributed by atoms with Crippen LogP contribution in [0.25, 0.3) is 0 Å². The van der Waals surface area contributed by atoms with Crippen LogP contribution in [0.5, 0.6) is 11.5 Å². The fourth-order valence-corrected chi connectivity index (χ4v) is 6.48. The number of hydrogen-bond donors (Lipinski definition) is 1. The van der Waals surface area contributed by atoms with Gasteiger partial charge in [0.05, 0.1) is 18.9 Å². The molecule has 2 saturated heterocycles. The Labute approximate surface area is 194 Å². The van der Waals surface area contributed by atoms with Crippen LogP contribution >= 0.6 is 0 Å². The molecule has 0 unspecified atom stereocenters. The van der Waals surface area contributed by atoms with Crippen molar-refractivity contribution in [2.45, 2.75) is 32.1 Å². The minimum Gasteiger partial charge on any atom is -0.504 e. The number of benzene rings is 1. The number of nitrogens with zero attached hydrogens (tertiary/aromatic N) is 3. The third-order valence-corrected chi connectivity index (χ3v) is 8.21. The average Bonchev–Trinajstić information content (AvgIpc) is 3.51. The average molecular weight is 456 g/mol. The van der Waals surface area contributed by atoms with Crippen molar-refractivity contribution in [3.63, 3.8) is 0 Å². The zero-order valence-electron chi connectivity index (χ0n) is 19.2. The third-order valence-electron chi connectivity index (χ3n) is 8.21. The molecule has 8 nitrogen and oxygen atoms in total. The van der Waals surface area contributed by atoms with Crippen molar-refractivity contribution in [3.05, 3.63) is 23.8 Å². The molecule has 8 heteroatoms. The number of rotatable bonds is 7. The lowest BCUT2D eigenvalue weighted by Crippen LogP contribution is -2.48. The summed E-state index contributed by atoms with van der Waals surface area (Å²) in [6, 6.07) is 4.73. The number of hydrogen-bond acceptors (Lipinski definition) is 6. The molecular formula is C25H33N3O5. The number of carbonyl (C=O) groups excluding carboxylic acids is 3. The van der Waals surface area contributed by atoms with E-state index in [0.29, 0.717) is 42.8 Å². The van der Waals surface area contributed by atoms with Crippen LogP contribution in [0.3, 0.4) is 0 Å². The Balaban J connectivity index is 1.04. The molecule has 1 aromatic carbocycles. The largest absolute Gasteiger partial charge is 0.504 e. The fraction of sp³-hybridized carbons (Fsp3) is 0.640. The van der Waals surface area contributed by atoms with Gasteiger partial charge in [-0.05, 0) is 68.7 Å². The second-order valence-corrected chi connectivity index (χ2v) is 9.94. The standard InChI is InChI=1S/C25H33N3O5/c1-33-20-7-6-18(15-19(20)29)23(30)27-12-10-26(11-13-27)8-2-3-9-28-24(31)21-16-4-5-17(14-16)22(21)25(28)32/h6-7,15-17,21-22,29H,2-5,8-14H2,1H3/t16-,17+,21+,22-. The zero-order valence-corrected chi connectivity index (χ0v) is 19.2. The highest BCUT2D eigenvalue weighted by Gasteiger charge is 2.60. The van der Waals surface area contributed by atoms with Crippen LogP contribution in [0.1, 0.15) is 42.5 Å². The van der Waals surface area contributed by atoms with E-state index < -0.39 is 0 Å². The lowest BCUT2D eigenvalue weighted by molar-refractivity contribution is -0.140. The fourth-order valence-electron chi connectivity index (χ4n) is 6.48. The highest BCUT2D eigenvalue weighted by atomic mass is 16.5. The second kappa shape index (κ2) is 8.97. The minimum absolute atomic E-state index is 0.0190. The molecular weight excluding hydrogens is 422 g/mol. The molecule has 0 spiro atoms. The molecule has 2 saturated carbocycles. The molecule has 2 aliphatic heterocycles. The van der Waals surface area contributed by atoms with Gasteiger partial charge in [-0.2, -0.15) is 0 Å². The van der Waals surface area contributed by atoms with Gasteiger partial charge in [0.15, 0.2) is 11.5 Å². The smallest absolute Gasteiger partial charge is 0.254 e. The number of phenolic OH excluding ortho intramolecular Hbond substituents is 1. The van der Waals surface area contributed by atoms with Crippen LogP contribution in [0.15, 0.2) is 18.2 Å². The van der Waals surface area contributed by atoms with E-state index in [-0.39, 0.29) is 35.3 Å². The lowest BCUT2D eigenvalue weighted by atomic mass is 9.81. The number of methoxy groups -OCH3 is 1. The Morgan fingerprint density at radius 3 is 2.24 bits per heavy atom. The summed E-state index contributed by atoms with van der Waals surface area (Å²) in [5.41, 5.74) is 0.458. The first-order valence-electron chi connectivity index (χ1n) is 12.2. The van der Waals surface area contributed by atoms with Crippen LogP contribution in [0.4, 0.5) is 0 Å². The molecule has 2 aliphatic carbocycles. The predicted octanol–water partition coefficient (Wildman–Crippen LogP) is 1.97. The van der Waals surface area contributed by atoms with Crippen molar-refractivity contribution >= 4 is 17.7 Å². The van der Waals surface area contributed by atoms with E-state index in [1.165, 1.54) is 13.2 Å². The van der Waals surface area contributed by atoms with Gasteiger partial charge in [0.25, 0.3) is 5.91 Å². The van der Waals surface area contributed by atoms with Crippen molar-refractivity contribution in [2.24, 2.45) is 23.7 Å². The number of amides is 3. The zero-order chi connectivity index (χ0) is 23.1. The van der Waals surface area contributed by atoms with Gasteiger partial charge in [-0.25, -0.2) is 0 Å². The maximum Gasteiger partial charge on any atom is 0.254 e. The topological polar surface area (TPSA) is 90.4 Å². The van der Waals surface area contributed by atoms with Crippen LogP contribution in [-0.2, 0) is 9.59 Å². The Bertz CT molecular complexity index is 914. The van der Waals surface area contributed by atoms with Crippen LogP contribution in [0, 0.1) is 23.7 Å². The summed E-state index contributed by atoms with van der Waals surface area (Å²) in [5.74, 6) is 1.27. The molecule has 2 bridgehead atoms. The first-order valence-corrected chi connectivity index (χ1v) is 12.2. The van der Waals surface area contributed by atoms with Gasteiger partial charge in [-0.1, -0.05) is 0 Å². The third kappa shape index (κ3) is 3.98. The number of piperazine rings is 1. The number of likely N-dealkylation sites (tertiary alicyclic amines) is 1. The first-order chi connectivity index (χ1) is 16.0. The lowest BCUT2D eigenvalue weighted by Gasteiger charge is -2.35. The monoisotopic (exact) mass is 455 g/mol. The van der Waals surface area contributed by atoms with E-state index in [0.717, 1.165) is 51.7 Å². The highest BCUT2D eigenvalue weighted by molar-refractivity contribution is 6.06. The predicted molar refractivity (Wildman–Crippen MR) is 121 cm³/mol. The van der Waals surface area contributed by atoms with Gasteiger partial charge < -0.3 is 14.7 Å². The Morgan fingerprint density at radius 2 is 1.64 bits per heavy atom. The number of phenols is 1. The summed E-state index contributed by atoms with van der Waals surface area (Å²) in [6.45, 7) is 4.32. The summed E-state index contributed by atoms with van der Waals surface area (Å²) in [6.07, 6.45) is 5.07. The molecule has 0 radical (unpaired) electrons. The van der Waals surface area contributed by atoms with Gasteiger partial charge in [-0.3, -0.25) is 24.2 Å². The number of fused-ring (bicyclic) bond motifs is 5. The van der Waals surface area contributed by atoms with E-state index in [9.17, 15) is 19.5 Å². The minimum atomic E-state index is -0.0850. The Morgan fingerprint density at radius 1 is 1.00 bits per heavy atom. The second-order valence-electron chi connectivity index (χ2n) is 9.94. The van der Waals surface area contributed by atoms with Gasteiger partial charge in [0.2, 0.25) is 11.8 Å². The van der Waals surface area contributed by atoms with Crippen molar-refractivity contribution in [2.75, 3.05) is 46.4 Å². The van der Waals surface area contributed by atoms with Gasteiger partial charge in [0.1, 0.15) is 0 Å². The summed E-state index contributed by atoms with van der Waals surface area (Å²) >= 11 is 0. The number of aromatic hydroxyl groups is 1. The molecule has 33 heavy (non-hydrogen) atoms. The first kappa shape index (κ1) is 22.2. The number of carbonyl (C=O) groups is 3. The van der Waals surface area contributed by atoms with Crippen molar-refractivity contribution in [1.82, 2.24) is 14.7 Å². The SMILES string of the molecule is COc1ccc(C(=O)N2CCN(CCCCN3C(=O)[C@@H]4[C@H]5CC[C@H](C5)[C@@H]4C3=O)CC2)cc1O. The number of ether oxygens (including phenoxy) is 1. The van der Waals surface area contributed by atoms with Crippen molar-refractivity contribution < 1.29 is 24.2 Å². The van der Waals surface area contributed by atoms with E-state index >= 15 is 0 Å².